The summed E-state index contributed by atoms with van der Waals surface area (Å²) >= 11 is 0. The predicted octanol–water partition coefficient (Wildman–Crippen LogP) is 2.40. The van der Waals surface area contributed by atoms with Gasteiger partial charge < -0.3 is 10.6 Å². The lowest BCUT2D eigenvalue weighted by molar-refractivity contribution is -0.121. The first kappa shape index (κ1) is 15.9. The Balaban J connectivity index is 0.00000180. The van der Waals surface area contributed by atoms with Gasteiger partial charge in [-0.2, -0.15) is 0 Å². The van der Waals surface area contributed by atoms with Crippen LogP contribution in [0.5, 0.6) is 0 Å². The first-order valence-electron chi connectivity index (χ1n) is 6.48. The Morgan fingerprint density at radius 2 is 2.32 bits per heavy atom. The van der Waals surface area contributed by atoms with Gasteiger partial charge >= 0.3 is 0 Å². The Kier molecular flexibility index (Phi) is 6.81. The fourth-order valence-corrected chi connectivity index (χ4v) is 2.24. The lowest BCUT2D eigenvalue weighted by Crippen LogP contribution is -2.27. The van der Waals surface area contributed by atoms with Crippen LogP contribution in [0.4, 0.5) is 4.39 Å². The zero-order chi connectivity index (χ0) is 12.8. The van der Waals surface area contributed by atoms with Gasteiger partial charge in [0.15, 0.2) is 0 Å². The molecule has 0 saturated carbocycles. The fourth-order valence-electron chi connectivity index (χ4n) is 2.24. The second-order valence-electron chi connectivity index (χ2n) is 4.74. The first-order chi connectivity index (χ1) is 8.74. The summed E-state index contributed by atoms with van der Waals surface area (Å²) in [7, 11) is 0. The van der Waals surface area contributed by atoms with Crippen LogP contribution in [0.15, 0.2) is 24.3 Å². The zero-order valence-corrected chi connectivity index (χ0v) is 11.6. The summed E-state index contributed by atoms with van der Waals surface area (Å²) < 4.78 is 12.9. The zero-order valence-electron chi connectivity index (χ0n) is 10.8. The molecule has 0 spiro atoms. The second kappa shape index (κ2) is 8.12. The molecule has 5 heteroatoms. The molecule has 2 rings (SSSR count). The SMILES string of the molecule is Cl.O=C(CCC1CCCN1)NCc1cccc(F)c1. The Morgan fingerprint density at radius 3 is 3.00 bits per heavy atom. The minimum atomic E-state index is -0.267. The summed E-state index contributed by atoms with van der Waals surface area (Å²) in [5.74, 6) is -0.232. The quantitative estimate of drug-likeness (QED) is 0.873. The number of benzene rings is 1. The number of hydrogen-bond donors (Lipinski definition) is 2. The van der Waals surface area contributed by atoms with Crippen LogP contribution in [0, 0.1) is 5.82 Å². The molecule has 1 heterocycles. The van der Waals surface area contributed by atoms with Crippen LogP contribution in [-0.2, 0) is 11.3 Å². The van der Waals surface area contributed by atoms with Crippen LogP contribution in [0.3, 0.4) is 0 Å². The highest BCUT2D eigenvalue weighted by atomic mass is 35.5. The molecule has 19 heavy (non-hydrogen) atoms. The van der Waals surface area contributed by atoms with Crippen LogP contribution in [0.1, 0.15) is 31.2 Å². The lowest BCUT2D eigenvalue weighted by Gasteiger charge is -2.10. The van der Waals surface area contributed by atoms with Crippen molar-refractivity contribution in [1.82, 2.24) is 10.6 Å². The molecule has 1 amide bonds. The number of carbonyl (C=O) groups is 1. The molecule has 1 unspecified atom stereocenters. The van der Waals surface area contributed by atoms with Crippen LogP contribution in [-0.4, -0.2) is 18.5 Å². The average molecular weight is 287 g/mol. The van der Waals surface area contributed by atoms with Gasteiger partial charge in [0.05, 0.1) is 0 Å². The third-order valence-corrected chi connectivity index (χ3v) is 3.26. The summed E-state index contributed by atoms with van der Waals surface area (Å²) in [4.78, 5) is 11.6. The highest BCUT2D eigenvalue weighted by Crippen LogP contribution is 2.10. The van der Waals surface area contributed by atoms with Crippen molar-refractivity contribution in [1.29, 1.82) is 0 Å². The Hall–Kier alpha value is -1.13. The third-order valence-electron chi connectivity index (χ3n) is 3.26. The van der Waals surface area contributed by atoms with Crippen molar-refractivity contribution in [3.8, 4) is 0 Å². The van der Waals surface area contributed by atoms with Crippen LogP contribution < -0.4 is 10.6 Å². The van der Waals surface area contributed by atoms with E-state index in [0.29, 0.717) is 19.0 Å². The molecule has 1 aliphatic rings. The molecule has 1 aromatic carbocycles. The Bertz CT molecular complexity index is 408. The van der Waals surface area contributed by atoms with Crippen molar-refractivity contribution in [3.05, 3.63) is 35.6 Å². The second-order valence-corrected chi connectivity index (χ2v) is 4.74. The maximum atomic E-state index is 12.9. The lowest BCUT2D eigenvalue weighted by atomic mass is 10.1. The van der Waals surface area contributed by atoms with Crippen molar-refractivity contribution in [2.75, 3.05) is 6.54 Å². The first-order valence-corrected chi connectivity index (χ1v) is 6.48. The molecule has 0 radical (unpaired) electrons. The Labute approximate surface area is 119 Å². The van der Waals surface area contributed by atoms with Gasteiger partial charge in [-0.25, -0.2) is 4.39 Å². The number of carbonyl (C=O) groups excluding carboxylic acids is 1. The maximum absolute atomic E-state index is 12.9. The summed E-state index contributed by atoms with van der Waals surface area (Å²) in [5, 5.41) is 6.18. The van der Waals surface area contributed by atoms with Gasteiger partial charge in [-0.1, -0.05) is 12.1 Å². The highest BCUT2D eigenvalue weighted by Gasteiger charge is 2.14. The molecule has 1 aromatic rings. The topological polar surface area (TPSA) is 41.1 Å². The van der Waals surface area contributed by atoms with E-state index in [1.807, 2.05) is 6.07 Å². The molecular formula is C14H20ClFN2O. The normalized spacial score (nSPS) is 17.8. The van der Waals surface area contributed by atoms with E-state index in [2.05, 4.69) is 10.6 Å². The largest absolute Gasteiger partial charge is 0.352 e. The van der Waals surface area contributed by atoms with E-state index >= 15 is 0 Å². The van der Waals surface area contributed by atoms with Crippen LogP contribution >= 0.6 is 12.4 Å². The van der Waals surface area contributed by atoms with Gasteiger partial charge in [-0.15, -0.1) is 12.4 Å². The molecule has 0 aliphatic carbocycles. The van der Waals surface area contributed by atoms with E-state index in [-0.39, 0.29) is 24.1 Å². The molecule has 0 bridgehead atoms. The molecule has 1 atom stereocenters. The van der Waals surface area contributed by atoms with Gasteiger partial charge in [0.25, 0.3) is 0 Å². The van der Waals surface area contributed by atoms with Crippen LogP contribution in [0.2, 0.25) is 0 Å². The molecule has 0 aromatic heterocycles. The van der Waals surface area contributed by atoms with Crippen molar-refractivity contribution in [2.45, 2.75) is 38.3 Å². The van der Waals surface area contributed by atoms with Crippen molar-refractivity contribution in [2.24, 2.45) is 0 Å². The molecule has 3 nitrogen and oxygen atoms in total. The number of nitrogens with one attached hydrogen (secondary N) is 2. The minimum Gasteiger partial charge on any atom is -0.352 e. The van der Waals surface area contributed by atoms with Crippen molar-refractivity contribution in [3.63, 3.8) is 0 Å². The number of amides is 1. The van der Waals surface area contributed by atoms with E-state index < -0.39 is 0 Å². The summed E-state index contributed by atoms with van der Waals surface area (Å²) in [6.07, 6.45) is 3.79. The van der Waals surface area contributed by atoms with Crippen molar-refractivity contribution < 1.29 is 9.18 Å². The molecule has 106 valence electrons. The average Bonchev–Trinajstić information content (AvgIpc) is 2.87. The predicted molar refractivity (Wildman–Crippen MR) is 75.8 cm³/mol. The smallest absolute Gasteiger partial charge is 0.220 e. The monoisotopic (exact) mass is 286 g/mol. The van der Waals surface area contributed by atoms with Gasteiger partial charge in [0.1, 0.15) is 5.82 Å². The minimum absolute atomic E-state index is 0. The molecule has 1 aliphatic heterocycles. The summed E-state index contributed by atoms with van der Waals surface area (Å²) in [6.45, 7) is 1.46. The van der Waals surface area contributed by atoms with E-state index in [9.17, 15) is 9.18 Å². The van der Waals surface area contributed by atoms with E-state index in [1.54, 1.807) is 6.07 Å². The summed E-state index contributed by atoms with van der Waals surface area (Å²) in [6, 6.07) is 6.79. The number of hydrogen-bond acceptors (Lipinski definition) is 2. The van der Waals surface area contributed by atoms with Crippen LogP contribution in [0.25, 0.3) is 0 Å². The Morgan fingerprint density at radius 1 is 1.47 bits per heavy atom. The fraction of sp³-hybridized carbons (Fsp3) is 0.500. The molecular weight excluding hydrogens is 267 g/mol. The van der Waals surface area contributed by atoms with E-state index in [1.165, 1.54) is 18.6 Å². The number of halogens is 2. The van der Waals surface area contributed by atoms with Gasteiger partial charge in [0.2, 0.25) is 5.91 Å². The maximum Gasteiger partial charge on any atom is 0.220 e. The van der Waals surface area contributed by atoms with Gasteiger partial charge in [-0.05, 0) is 43.5 Å². The van der Waals surface area contributed by atoms with E-state index in [0.717, 1.165) is 24.9 Å². The van der Waals surface area contributed by atoms with E-state index in [4.69, 9.17) is 0 Å². The highest BCUT2D eigenvalue weighted by molar-refractivity contribution is 5.85. The van der Waals surface area contributed by atoms with Crippen molar-refractivity contribution >= 4 is 18.3 Å². The molecule has 1 fully saturated rings. The molecule has 2 N–H and O–H groups in total. The third kappa shape index (κ3) is 5.57. The number of rotatable bonds is 5. The summed E-state index contributed by atoms with van der Waals surface area (Å²) in [5.41, 5.74) is 0.794. The standard InChI is InChI=1S/C14H19FN2O.ClH/c15-12-4-1-3-11(9-12)10-17-14(18)7-6-13-5-2-8-16-13;/h1,3-4,9,13,16H,2,5-8,10H2,(H,17,18);1H. The van der Waals surface area contributed by atoms with Gasteiger partial charge in [0, 0.05) is 19.0 Å². The van der Waals surface area contributed by atoms with Gasteiger partial charge in [-0.3, -0.25) is 4.79 Å². The molecule has 1 saturated heterocycles.